The zero-order valence-corrected chi connectivity index (χ0v) is 20.7. The van der Waals surface area contributed by atoms with Gasteiger partial charge in [0.25, 0.3) is 0 Å². The molecular formula is C22H38IN3O4. The molecule has 0 amide bonds. The number of benzene rings is 1. The van der Waals surface area contributed by atoms with Crippen molar-refractivity contribution in [2.45, 2.75) is 58.1 Å². The van der Waals surface area contributed by atoms with E-state index in [0.717, 1.165) is 37.6 Å². The molecule has 1 fully saturated rings. The SMILES string of the molecule is CCNC(=NCc1ccc(OCCO)c(OC)c1)NCCCOC1CCCCC1.I. The lowest BCUT2D eigenvalue weighted by molar-refractivity contribution is 0.0277. The standard InChI is InChI=1S/C22H37N3O4.HI/c1-3-23-22(24-12-7-14-28-19-8-5-4-6-9-19)25-17-18-10-11-20(29-15-13-26)21(16-18)27-2;/h10-11,16,19,26H,3-9,12-15,17H2,1-2H3,(H2,23,24,25);1H. The summed E-state index contributed by atoms with van der Waals surface area (Å²) in [4.78, 5) is 4.66. The van der Waals surface area contributed by atoms with Crippen LogP contribution < -0.4 is 20.1 Å². The summed E-state index contributed by atoms with van der Waals surface area (Å²) in [5, 5.41) is 15.6. The number of hydrogen-bond donors (Lipinski definition) is 3. The third-order valence-electron chi connectivity index (χ3n) is 4.86. The highest BCUT2D eigenvalue weighted by Crippen LogP contribution is 2.28. The van der Waals surface area contributed by atoms with Crippen LogP contribution in [0, 0.1) is 0 Å². The van der Waals surface area contributed by atoms with E-state index < -0.39 is 0 Å². The summed E-state index contributed by atoms with van der Waals surface area (Å²) in [6.07, 6.45) is 7.82. The van der Waals surface area contributed by atoms with Crippen LogP contribution in [0.1, 0.15) is 51.0 Å². The summed E-state index contributed by atoms with van der Waals surface area (Å²) in [5.74, 6) is 2.06. The van der Waals surface area contributed by atoms with Gasteiger partial charge in [-0.05, 0) is 43.9 Å². The van der Waals surface area contributed by atoms with Crippen LogP contribution in [0.3, 0.4) is 0 Å². The van der Waals surface area contributed by atoms with Gasteiger partial charge in [0.05, 0.1) is 26.4 Å². The quantitative estimate of drug-likeness (QED) is 0.165. The molecule has 172 valence electrons. The van der Waals surface area contributed by atoms with Crippen LogP contribution in [-0.2, 0) is 11.3 Å². The second kappa shape index (κ2) is 16.4. The van der Waals surface area contributed by atoms with Crippen molar-refractivity contribution in [3.8, 4) is 11.5 Å². The maximum Gasteiger partial charge on any atom is 0.191 e. The topological polar surface area (TPSA) is 84.3 Å². The van der Waals surface area contributed by atoms with Gasteiger partial charge in [-0.3, -0.25) is 0 Å². The summed E-state index contributed by atoms with van der Waals surface area (Å²) in [6.45, 7) is 5.23. The summed E-state index contributed by atoms with van der Waals surface area (Å²) in [5.41, 5.74) is 1.02. The molecule has 1 aliphatic rings. The highest BCUT2D eigenvalue weighted by atomic mass is 127. The van der Waals surface area contributed by atoms with Crippen LogP contribution in [0.2, 0.25) is 0 Å². The molecule has 8 heteroatoms. The third kappa shape index (κ3) is 10.2. The van der Waals surface area contributed by atoms with E-state index in [4.69, 9.17) is 19.3 Å². The molecule has 0 aromatic heterocycles. The number of nitrogens with zero attached hydrogens (tertiary/aromatic N) is 1. The van der Waals surface area contributed by atoms with E-state index in [9.17, 15) is 0 Å². The van der Waals surface area contributed by atoms with Gasteiger partial charge in [-0.1, -0.05) is 25.3 Å². The number of aliphatic hydroxyl groups excluding tert-OH is 1. The molecule has 1 saturated carbocycles. The monoisotopic (exact) mass is 535 g/mol. The van der Waals surface area contributed by atoms with E-state index in [2.05, 4.69) is 22.5 Å². The van der Waals surface area contributed by atoms with Crippen molar-refractivity contribution in [1.29, 1.82) is 0 Å². The molecule has 1 aromatic carbocycles. The molecule has 0 aliphatic heterocycles. The van der Waals surface area contributed by atoms with E-state index in [1.54, 1.807) is 7.11 Å². The zero-order valence-electron chi connectivity index (χ0n) is 18.3. The number of hydrogen-bond acceptors (Lipinski definition) is 5. The molecule has 0 atom stereocenters. The molecule has 30 heavy (non-hydrogen) atoms. The van der Waals surface area contributed by atoms with Crippen LogP contribution in [-0.4, -0.2) is 57.2 Å². The molecule has 1 aliphatic carbocycles. The number of guanidine groups is 1. The predicted molar refractivity (Wildman–Crippen MR) is 131 cm³/mol. The van der Waals surface area contributed by atoms with E-state index in [0.29, 0.717) is 24.1 Å². The van der Waals surface area contributed by atoms with Crippen LogP contribution in [0.5, 0.6) is 11.5 Å². The second-order valence-corrected chi connectivity index (χ2v) is 7.16. The maximum absolute atomic E-state index is 8.91. The molecule has 2 rings (SSSR count). The molecular weight excluding hydrogens is 497 g/mol. The Kier molecular flexibility index (Phi) is 14.7. The average Bonchev–Trinajstić information content (AvgIpc) is 2.76. The molecule has 0 bridgehead atoms. The minimum atomic E-state index is -0.0292. The normalized spacial score (nSPS) is 14.7. The van der Waals surface area contributed by atoms with Crippen LogP contribution in [0.4, 0.5) is 0 Å². The van der Waals surface area contributed by atoms with Gasteiger partial charge in [0.15, 0.2) is 17.5 Å². The summed E-state index contributed by atoms with van der Waals surface area (Å²) in [7, 11) is 1.61. The van der Waals surface area contributed by atoms with Gasteiger partial charge in [-0.25, -0.2) is 4.99 Å². The first-order chi connectivity index (χ1) is 14.3. The first-order valence-corrected chi connectivity index (χ1v) is 10.8. The zero-order chi connectivity index (χ0) is 20.7. The lowest BCUT2D eigenvalue weighted by Gasteiger charge is -2.22. The number of rotatable bonds is 12. The van der Waals surface area contributed by atoms with Gasteiger partial charge in [0, 0.05) is 19.7 Å². The van der Waals surface area contributed by atoms with Gasteiger partial charge in [0.2, 0.25) is 0 Å². The fourth-order valence-electron chi connectivity index (χ4n) is 3.36. The van der Waals surface area contributed by atoms with Crippen molar-refractivity contribution in [1.82, 2.24) is 10.6 Å². The minimum absolute atomic E-state index is 0. The summed E-state index contributed by atoms with van der Waals surface area (Å²) >= 11 is 0. The molecule has 1 aromatic rings. The van der Waals surface area contributed by atoms with Gasteiger partial charge in [-0.15, -0.1) is 24.0 Å². The first-order valence-electron chi connectivity index (χ1n) is 10.8. The number of aliphatic hydroxyl groups is 1. The van der Waals surface area contributed by atoms with E-state index in [1.807, 2.05) is 18.2 Å². The number of ether oxygens (including phenoxy) is 3. The van der Waals surface area contributed by atoms with Crippen LogP contribution in [0.15, 0.2) is 23.2 Å². The third-order valence-corrected chi connectivity index (χ3v) is 4.86. The Balaban J connectivity index is 0.00000450. The fraction of sp³-hybridized carbons (Fsp3) is 0.682. The molecule has 7 nitrogen and oxygen atoms in total. The molecule has 3 N–H and O–H groups in total. The lowest BCUT2D eigenvalue weighted by atomic mass is 9.98. The fourth-order valence-corrected chi connectivity index (χ4v) is 3.36. The molecule has 0 heterocycles. The molecule has 0 radical (unpaired) electrons. The van der Waals surface area contributed by atoms with Crippen molar-refractivity contribution in [2.75, 3.05) is 40.0 Å². The average molecular weight is 535 g/mol. The van der Waals surface area contributed by atoms with Crippen LogP contribution in [0.25, 0.3) is 0 Å². The molecule has 0 saturated heterocycles. The Labute approximate surface area is 198 Å². The van der Waals surface area contributed by atoms with Gasteiger partial charge < -0.3 is 30.0 Å². The van der Waals surface area contributed by atoms with Crippen molar-refractivity contribution in [3.63, 3.8) is 0 Å². The first kappa shape index (κ1) is 26.8. The Morgan fingerprint density at radius 3 is 2.63 bits per heavy atom. The van der Waals surface area contributed by atoms with Crippen LogP contribution >= 0.6 is 24.0 Å². The Morgan fingerprint density at radius 1 is 1.13 bits per heavy atom. The van der Waals surface area contributed by atoms with Gasteiger partial charge in [-0.2, -0.15) is 0 Å². The summed E-state index contributed by atoms with van der Waals surface area (Å²) in [6, 6.07) is 5.72. The number of nitrogens with one attached hydrogen (secondary N) is 2. The van der Waals surface area contributed by atoms with Gasteiger partial charge >= 0.3 is 0 Å². The van der Waals surface area contributed by atoms with Crippen molar-refractivity contribution < 1.29 is 19.3 Å². The second-order valence-electron chi connectivity index (χ2n) is 7.16. The Morgan fingerprint density at radius 2 is 1.93 bits per heavy atom. The smallest absolute Gasteiger partial charge is 0.191 e. The predicted octanol–water partition coefficient (Wildman–Crippen LogP) is 3.48. The van der Waals surface area contributed by atoms with E-state index in [1.165, 1.54) is 32.1 Å². The van der Waals surface area contributed by atoms with Crippen molar-refractivity contribution >= 4 is 29.9 Å². The molecule has 0 unspecified atom stereocenters. The molecule has 0 spiro atoms. The van der Waals surface area contributed by atoms with Crippen molar-refractivity contribution in [3.05, 3.63) is 23.8 Å². The van der Waals surface area contributed by atoms with Crippen molar-refractivity contribution in [2.24, 2.45) is 4.99 Å². The Hall–Kier alpha value is -1.26. The Bertz CT molecular complexity index is 610. The number of halogens is 1. The highest BCUT2D eigenvalue weighted by molar-refractivity contribution is 14.0. The number of methoxy groups -OCH3 is 1. The number of aliphatic imine (C=N–C) groups is 1. The maximum atomic E-state index is 8.91. The lowest BCUT2D eigenvalue weighted by Crippen LogP contribution is -2.38. The largest absolute Gasteiger partial charge is 0.493 e. The highest BCUT2D eigenvalue weighted by Gasteiger charge is 2.13. The minimum Gasteiger partial charge on any atom is -0.493 e. The van der Waals surface area contributed by atoms with E-state index in [-0.39, 0.29) is 37.2 Å². The summed E-state index contributed by atoms with van der Waals surface area (Å²) < 4.78 is 16.8. The van der Waals surface area contributed by atoms with E-state index >= 15 is 0 Å². The van der Waals surface area contributed by atoms with Gasteiger partial charge in [0.1, 0.15) is 6.61 Å².